The van der Waals surface area contributed by atoms with E-state index in [4.69, 9.17) is 14.0 Å². The predicted molar refractivity (Wildman–Crippen MR) is 88.2 cm³/mol. The van der Waals surface area contributed by atoms with E-state index in [0.29, 0.717) is 36.0 Å². The van der Waals surface area contributed by atoms with Crippen molar-refractivity contribution in [2.24, 2.45) is 0 Å². The average Bonchev–Trinajstić information content (AvgIpc) is 3.19. The molecular weight excluding hydrogens is 324 g/mol. The molecule has 1 saturated heterocycles. The summed E-state index contributed by atoms with van der Waals surface area (Å²) in [5.41, 5.74) is 0.455. The Morgan fingerprint density at radius 1 is 1.40 bits per heavy atom. The van der Waals surface area contributed by atoms with Crippen LogP contribution >= 0.6 is 0 Å². The van der Waals surface area contributed by atoms with Crippen molar-refractivity contribution in [1.29, 1.82) is 0 Å². The Kier molecular flexibility index (Phi) is 4.98. The minimum atomic E-state index is -0.312. The molecule has 0 saturated carbocycles. The molecule has 25 heavy (non-hydrogen) atoms. The van der Waals surface area contributed by atoms with Crippen LogP contribution in [0.4, 0.5) is 0 Å². The van der Waals surface area contributed by atoms with Gasteiger partial charge in [-0.1, -0.05) is 5.16 Å². The summed E-state index contributed by atoms with van der Waals surface area (Å²) < 4.78 is 16.3. The fourth-order valence-corrected chi connectivity index (χ4v) is 2.91. The molecule has 1 fully saturated rings. The molecule has 3 rings (SSSR count). The number of nitrogens with zero attached hydrogens (tertiary/aromatic N) is 4. The van der Waals surface area contributed by atoms with Gasteiger partial charge in [-0.2, -0.15) is 4.98 Å². The van der Waals surface area contributed by atoms with Crippen LogP contribution in [0.3, 0.4) is 0 Å². The molecule has 2 aromatic heterocycles. The molecule has 1 aliphatic rings. The maximum Gasteiger partial charge on any atom is 0.256 e. The predicted octanol–water partition coefficient (Wildman–Crippen LogP) is 2.16. The highest BCUT2D eigenvalue weighted by Gasteiger charge is 2.40. The highest BCUT2D eigenvalue weighted by molar-refractivity contribution is 5.94. The van der Waals surface area contributed by atoms with E-state index in [2.05, 4.69) is 15.1 Å². The Morgan fingerprint density at radius 3 is 2.84 bits per heavy atom. The third-order valence-electron chi connectivity index (χ3n) is 4.02. The number of carbonyl (C=O) groups excluding carboxylic acids is 1. The number of carbonyl (C=O) groups is 1. The highest BCUT2D eigenvalue weighted by atomic mass is 16.5. The van der Waals surface area contributed by atoms with Gasteiger partial charge in [0.2, 0.25) is 5.89 Å². The molecule has 2 atom stereocenters. The lowest BCUT2D eigenvalue weighted by molar-refractivity contribution is 0.0669. The van der Waals surface area contributed by atoms with Crippen molar-refractivity contribution < 1.29 is 18.8 Å². The zero-order chi connectivity index (χ0) is 18.0. The second kappa shape index (κ2) is 7.18. The maximum atomic E-state index is 13.0. The Morgan fingerprint density at radius 2 is 2.20 bits per heavy atom. The quantitative estimate of drug-likeness (QED) is 0.819. The first-order valence-electron chi connectivity index (χ1n) is 8.23. The number of aromatic nitrogens is 3. The van der Waals surface area contributed by atoms with E-state index in [-0.39, 0.29) is 24.2 Å². The smallest absolute Gasteiger partial charge is 0.256 e. The topological polar surface area (TPSA) is 90.6 Å². The fraction of sp³-hybridized carbons (Fsp3) is 0.529. The van der Waals surface area contributed by atoms with Gasteiger partial charge in [0.25, 0.3) is 5.91 Å². The first kappa shape index (κ1) is 17.3. The number of amides is 1. The number of hydrogen-bond donors (Lipinski definition) is 0. The van der Waals surface area contributed by atoms with Crippen LogP contribution in [0.2, 0.25) is 0 Å². The summed E-state index contributed by atoms with van der Waals surface area (Å²) in [5, 5.41) is 3.83. The van der Waals surface area contributed by atoms with Gasteiger partial charge in [-0.25, -0.2) is 0 Å². The molecule has 0 radical (unpaired) electrons. The van der Waals surface area contributed by atoms with Gasteiger partial charge >= 0.3 is 0 Å². The molecule has 0 N–H and O–H groups in total. The minimum absolute atomic E-state index is 0.00549. The van der Waals surface area contributed by atoms with Gasteiger partial charge in [0.05, 0.1) is 24.0 Å². The SMILES string of the molecule is CO[C@@H]1C[C@H](c2nc(C)no2)N(C(=O)c2cncc(OC(C)C)c2)C1. The molecule has 0 aromatic carbocycles. The second-order valence-corrected chi connectivity index (χ2v) is 6.32. The summed E-state index contributed by atoms with van der Waals surface area (Å²) in [4.78, 5) is 23.1. The van der Waals surface area contributed by atoms with E-state index < -0.39 is 0 Å². The number of aryl methyl sites for hydroxylation is 1. The maximum absolute atomic E-state index is 13.0. The number of rotatable bonds is 5. The van der Waals surface area contributed by atoms with Crippen molar-refractivity contribution in [3.63, 3.8) is 0 Å². The van der Waals surface area contributed by atoms with E-state index in [0.717, 1.165) is 0 Å². The summed E-state index contributed by atoms with van der Waals surface area (Å²) in [7, 11) is 1.63. The average molecular weight is 346 g/mol. The van der Waals surface area contributed by atoms with Gasteiger partial charge in [-0.15, -0.1) is 0 Å². The van der Waals surface area contributed by atoms with Crippen LogP contribution in [-0.2, 0) is 4.74 Å². The lowest BCUT2D eigenvalue weighted by atomic mass is 10.2. The van der Waals surface area contributed by atoms with Crippen LogP contribution < -0.4 is 4.74 Å². The van der Waals surface area contributed by atoms with E-state index in [1.807, 2.05) is 13.8 Å². The largest absolute Gasteiger partial charge is 0.489 e. The molecule has 134 valence electrons. The van der Waals surface area contributed by atoms with Crippen LogP contribution in [0.25, 0.3) is 0 Å². The van der Waals surface area contributed by atoms with Crippen LogP contribution in [-0.4, -0.2) is 51.8 Å². The molecule has 3 heterocycles. The van der Waals surface area contributed by atoms with Crippen LogP contribution in [0.1, 0.15) is 48.4 Å². The van der Waals surface area contributed by atoms with Crippen LogP contribution in [0.15, 0.2) is 23.0 Å². The summed E-state index contributed by atoms with van der Waals surface area (Å²) in [6.07, 6.45) is 3.66. The Bertz CT molecular complexity index is 746. The van der Waals surface area contributed by atoms with Gasteiger partial charge in [-0.05, 0) is 26.8 Å². The van der Waals surface area contributed by atoms with E-state index >= 15 is 0 Å². The van der Waals surface area contributed by atoms with E-state index in [1.165, 1.54) is 6.20 Å². The number of methoxy groups -OCH3 is 1. The summed E-state index contributed by atoms with van der Waals surface area (Å²) in [6, 6.07) is 1.39. The monoisotopic (exact) mass is 346 g/mol. The van der Waals surface area contributed by atoms with Crippen LogP contribution in [0.5, 0.6) is 5.75 Å². The Balaban J connectivity index is 1.86. The van der Waals surface area contributed by atoms with Gasteiger partial charge in [0.15, 0.2) is 5.82 Å². The zero-order valence-corrected chi connectivity index (χ0v) is 14.8. The lowest BCUT2D eigenvalue weighted by Crippen LogP contribution is -2.32. The number of hydrogen-bond acceptors (Lipinski definition) is 7. The van der Waals surface area contributed by atoms with Gasteiger partial charge in [0.1, 0.15) is 11.8 Å². The van der Waals surface area contributed by atoms with Crippen molar-refractivity contribution in [3.8, 4) is 5.75 Å². The van der Waals surface area contributed by atoms with Crippen molar-refractivity contribution in [3.05, 3.63) is 35.7 Å². The van der Waals surface area contributed by atoms with Crippen molar-refractivity contribution in [2.75, 3.05) is 13.7 Å². The number of ether oxygens (including phenoxy) is 2. The van der Waals surface area contributed by atoms with Crippen molar-refractivity contribution in [2.45, 2.75) is 45.4 Å². The first-order chi connectivity index (χ1) is 12.0. The van der Waals surface area contributed by atoms with E-state index in [1.54, 1.807) is 31.2 Å². The molecule has 0 aliphatic carbocycles. The summed E-state index contributed by atoms with van der Waals surface area (Å²) in [5.74, 6) is 1.36. The third-order valence-corrected chi connectivity index (χ3v) is 4.02. The standard InChI is InChI=1S/C17H22N4O4/c1-10(2)24-13-5-12(7-18-8-13)17(22)21-9-14(23-4)6-15(21)16-19-11(3)20-25-16/h5,7-8,10,14-15H,6,9H2,1-4H3/t14-,15-/m1/s1. The zero-order valence-electron chi connectivity index (χ0n) is 14.8. The number of likely N-dealkylation sites (tertiary alicyclic amines) is 1. The molecule has 0 unspecified atom stereocenters. The van der Waals surface area contributed by atoms with Gasteiger partial charge < -0.3 is 18.9 Å². The highest BCUT2D eigenvalue weighted by Crippen LogP contribution is 2.33. The number of pyridine rings is 1. The Hall–Kier alpha value is -2.48. The Labute approximate surface area is 146 Å². The molecule has 0 bridgehead atoms. The van der Waals surface area contributed by atoms with Crippen molar-refractivity contribution >= 4 is 5.91 Å². The first-order valence-corrected chi connectivity index (χ1v) is 8.23. The van der Waals surface area contributed by atoms with Gasteiger partial charge in [0, 0.05) is 26.3 Å². The normalized spacial score (nSPS) is 20.3. The minimum Gasteiger partial charge on any atom is -0.489 e. The molecule has 8 nitrogen and oxygen atoms in total. The van der Waals surface area contributed by atoms with Crippen molar-refractivity contribution in [1.82, 2.24) is 20.0 Å². The molecule has 2 aromatic rings. The molecule has 1 aliphatic heterocycles. The van der Waals surface area contributed by atoms with E-state index in [9.17, 15) is 4.79 Å². The fourth-order valence-electron chi connectivity index (χ4n) is 2.91. The molecular formula is C17H22N4O4. The second-order valence-electron chi connectivity index (χ2n) is 6.32. The van der Waals surface area contributed by atoms with Crippen LogP contribution in [0, 0.1) is 6.92 Å². The molecule has 1 amide bonds. The third kappa shape index (κ3) is 3.79. The molecule has 8 heteroatoms. The van der Waals surface area contributed by atoms with Gasteiger partial charge in [-0.3, -0.25) is 9.78 Å². The summed E-state index contributed by atoms with van der Waals surface area (Å²) >= 11 is 0. The lowest BCUT2D eigenvalue weighted by Gasteiger charge is -2.22. The summed E-state index contributed by atoms with van der Waals surface area (Å²) in [6.45, 7) is 6.05. The molecule has 0 spiro atoms.